The predicted molar refractivity (Wildman–Crippen MR) is 128 cm³/mol. The van der Waals surface area contributed by atoms with Gasteiger partial charge in [0.2, 0.25) is 0 Å². The van der Waals surface area contributed by atoms with Crippen LogP contribution in [-0.2, 0) is 16.1 Å². The van der Waals surface area contributed by atoms with Crippen LogP contribution in [0.5, 0.6) is 0 Å². The summed E-state index contributed by atoms with van der Waals surface area (Å²) in [5.41, 5.74) is 2.35. The molecule has 30 heavy (non-hydrogen) atoms. The summed E-state index contributed by atoms with van der Waals surface area (Å²) in [6.45, 7) is 3.97. The molecule has 0 radical (unpaired) electrons. The highest BCUT2D eigenvalue weighted by atomic mass is 79.9. The first-order chi connectivity index (χ1) is 14.7. The molecule has 0 saturated heterocycles. The van der Waals surface area contributed by atoms with Gasteiger partial charge in [0.15, 0.2) is 0 Å². The number of alkyl halides is 1. The highest BCUT2D eigenvalue weighted by Crippen LogP contribution is 2.23. The molecule has 2 aromatic carbocycles. The number of carbonyl (C=O) groups excluding carboxylic acids is 1. The smallest absolute Gasteiger partial charge is 0.320 e. The summed E-state index contributed by atoms with van der Waals surface area (Å²) in [5, 5.41) is 13.0. The van der Waals surface area contributed by atoms with Crippen molar-refractivity contribution in [3.05, 3.63) is 71.8 Å². The minimum Gasteiger partial charge on any atom is -0.460 e. The van der Waals surface area contributed by atoms with Crippen LogP contribution >= 0.6 is 15.9 Å². The van der Waals surface area contributed by atoms with Crippen LogP contribution in [0.25, 0.3) is 0 Å². The molecule has 0 fully saturated rings. The molecule has 0 spiro atoms. The Labute approximate surface area is 190 Å². The third kappa shape index (κ3) is 12.8. The first-order valence-corrected chi connectivity index (χ1v) is 11.9. The van der Waals surface area contributed by atoms with Crippen molar-refractivity contribution < 1.29 is 14.6 Å². The Bertz CT molecular complexity index is 646. The number of hydrogen-bond acceptors (Lipinski definition) is 4. The number of ether oxygens (including phenoxy) is 1. The lowest BCUT2D eigenvalue weighted by Crippen LogP contribution is -2.25. The zero-order valence-electron chi connectivity index (χ0n) is 18.1. The van der Waals surface area contributed by atoms with Gasteiger partial charge in [-0.3, -0.25) is 4.79 Å². The molecule has 0 heterocycles. The maximum atomic E-state index is 11.4. The summed E-state index contributed by atoms with van der Waals surface area (Å²) >= 11 is 3.44. The van der Waals surface area contributed by atoms with Crippen LogP contribution in [0, 0.1) is 0 Å². The lowest BCUT2D eigenvalue weighted by Gasteiger charge is -2.14. The molecule has 0 aliphatic carbocycles. The maximum absolute atomic E-state index is 11.4. The van der Waals surface area contributed by atoms with Gasteiger partial charge < -0.3 is 15.2 Å². The zero-order chi connectivity index (χ0) is 21.9. The van der Waals surface area contributed by atoms with Crippen LogP contribution in [0.3, 0.4) is 0 Å². The van der Waals surface area contributed by atoms with E-state index in [1.54, 1.807) is 0 Å². The van der Waals surface area contributed by atoms with Crippen molar-refractivity contribution in [3.8, 4) is 0 Å². The molecule has 0 aliphatic rings. The number of aliphatic hydroxyl groups excluding tert-OH is 1. The highest BCUT2D eigenvalue weighted by Gasteiger charge is 2.09. The van der Waals surface area contributed by atoms with Gasteiger partial charge in [0.25, 0.3) is 0 Å². The van der Waals surface area contributed by atoms with E-state index in [9.17, 15) is 4.79 Å². The summed E-state index contributed by atoms with van der Waals surface area (Å²) in [4.78, 5) is 11.4. The van der Waals surface area contributed by atoms with E-state index in [4.69, 9.17) is 9.84 Å². The second-order valence-corrected chi connectivity index (χ2v) is 7.92. The Morgan fingerprint density at radius 2 is 1.70 bits per heavy atom. The van der Waals surface area contributed by atoms with E-state index < -0.39 is 0 Å². The monoisotopic (exact) mass is 477 g/mol. The van der Waals surface area contributed by atoms with Gasteiger partial charge in [-0.2, -0.15) is 0 Å². The van der Waals surface area contributed by atoms with Crippen LogP contribution in [0.4, 0.5) is 0 Å². The number of rotatable bonds is 13. The first-order valence-electron chi connectivity index (χ1n) is 10.8. The molecule has 0 amide bonds. The normalized spacial score (nSPS) is 11.3. The SMILES string of the molecule is CCCCCNCC(=O)OCc1ccccc1.OCCC(CCBr)c1ccccc1. The molecule has 2 aromatic rings. The van der Waals surface area contributed by atoms with Gasteiger partial charge in [0.05, 0.1) is 6.54 Å². The summed E-state index contributed by atoms with van der Waals surface area (Å²) in [5.74, 6) is 0.302. The number of carbonyl (C=O) groups is 1. The van der Waals surface area contributed by atoms with Crippen LogP contribution in [0.15, 0.2) is 60.7 Å². The van der Waals surface area contributed by atoms with Crippen molar-refractivity contribution in [2.24, 2.45) is 0 Å². The van der Waals surface area contributed by atoms with Crippen molar-refractivity contribution in [3.63, 3.8) is 0 Å². The summed E-state index contributed by atoms with van der Waals surface area (Å²) in [6, 6.07) is 20.1. The van der Waals surface area contributed by atoms with E-state index in [1.165, 1.54) is 18.4 Å². The number of benzene rings is 2. The molecule has 0 aromatic heterocycles. The molecule has 5 heteroatoms. The number of hydrogen-bond donors (Lipinski definition) is 2. The molecule has 2 rings (SSSR count). The lowest BCUT2D eigenvalue weighted by molar-refractivity contribution is -0.143. The predicted octanol–water partition coefficient (Wildman–Crippen LogP) is 5.45. The molecule has 1 atom stereocenters. The van der Waals surface area contributed by atoms with E-state index in [0.29, 0.717) is 19.1 Å². The minimum absolute atomic E-state index is 0.189. The Balaban J connectivity index is 0.000000311. The van der Waals surface area contributed by atoms with Crippen molar-refractivity contribution >= 4 is 21.9 Å². The Morgan fingerprint density at radius 1 is 1.03 bits per heavy atom. The van der Waals surface area contributed by atoms with Gasteiger partial charge in [-0.05, 0) is 42.9 Å². The summed E-state index contributed by atoms with van der Waals surface area (Å²) in [7, 11) is 0. The van der Waals surface area contributed by atoms with Crippen molar-refractivity contribution in [2.45, 2.75) is 51.6 Å². The first kappa shape index (κ1) is 26.3. The second kappa shape index (κ2) is 18.1. The quantitative estimate of drug-likeness (QED) is 0.229. The molecular weight excluding hydrogens is 442 g/mol. The number of nitrogens with one attached hydrogen (secondary N) is 1. The molecule has 2 N–H and O–H groups in total. The van der Waals surface area contributed by atoms with E-state index >= 15 is 0 Å². The van der Waals surface area contributed by atoms with Crippen LogP contribution in [-0.4, -0.2) is 36.1 Å². The van der Waals surface area contributed by atoms with Gasteiger partial charge in [0.1, 0.15) is 6.61 Å². The number of aliphatic hydroxyl groups is 1. The van der Waals surface area contributed by atoms with Crippen LogP contribution in [0.1, 0.15) is 56.1 Å². The van der Waals surface area contributed by atoms with E-state index in [0.717, 1.165) is 36.7 Å². The van der Waals surface area contributed by atoms with Crippen molar-refractivity contribution in [1.82, 2.24) is 5.32 Å². The van der Waals surface area contributed by atoms with Gasteiger partial charge in [-0.15, -0.1) is 0 Å². The number of unbranched alkanes of at least 4 members (excludes halogenated alkanes) is 2. The Kier molecular flexibility index (Phi) is 15.9. The fourth-order valence-electron chi connectivity index (χ4n) is 2.97. The van der Waals surface area contributed by atoms with Crippen molar-refractivity contribution in [2.75, 3.05) is 25.0 Å². The maximum Gasteiger partial charge on any atom is 0.320 e. The molecule has 0 aliphatic heterocycles. The minimum atomic E-state index is -0.189. The van der Waals surface area contributed by atoms with Crippen LogP contribution in [0.2, 0.25) is 0 Å². The number of esters is 1. The molecule has 1 unspecified atom stereocenters. The Morgan fingerprint density at radius 3 is 2.30 bits per heavy atom. The third-order valence-electron chi connectivity index (χ3n) is 4.68. The van der Waals surface area contributed by atoms with E-state index in [-0.39, 0.29) is 12.6 Å². The largest absolute Gasteiger partial charge is 0.460 e. The average molecular weight is 478 g/mol. The summed E-state index contributed by atoms with van der Waals surface area (Å²) in [6.07, 6.45) is 5.45. The fourth-order valence-corrected chi connectivity index (χ4v) is 3.52. The number of halogens is 1. The average Bonchev–Trinajstić information content (AvgIpc) is 2.79. The zero-order valence-corrected chi connectivity index (χ0v) is 19.6. The highest BCUT2D eigenvalue weighted by molar-refractivity contribution is 9.09. The standard InChI is InChI=1S/C14H21NO2.C11H15BrO/c1-2-3-7-10-15-11-14(16)17-12-13-8-5-4-6-9-13;12-8-6-11(7-9-13)10-4-2-1-3-5-10/h4-6,8-9,15H,2-3,7,10-12H2,1H3;1-5,11,13H,6-9H2. The second-order valence-electron chi connectivity index (χ2n) is 7.13. The topological polar surface area (TPSA) is 58.6 Å². The van der Waals surface area contributed by atoms with Gasteiger partial charge in [0, 0.05) is 11.9 Å². The molecule has 4 nitrogen and oxygen atoms in total. The van der Waals surface area contributed by atoms with E-state index in [2.05, 4.69) is 40.3 Å². The third-order valence-corrected chi connectivity index (χ3v) is 5.13. The Hall–Kier alpha value is -1.69. The summed E-state index contributed by atoms with van der Waals surface area (Å²) < 4.78 is 5.13. The fraction of sp³-hybridized carbons (Fsp3) is 0.480. The molecular formula is C25H36BrNO3. The van der Waals surface area contributed by atoms with Crippen LogP contribution < -0.4 is 5.32 Å². The van der Waals surface area contributed by atoms with Gasteiger partial charge in [-0.25, -0.2) is 0 Å². The van der Waals surface area contributed by atoms with E-state index in [1.807, 2.05) is 48.5 Å². The lowest BCUT2D eigenvalue weighted by atomic mass is 9.94. The molecule has 166 valence electrons. The van der Waals surface area contributed by atoms with Crippen molar-refractivity contribution in [1.29, 1.82) is 0 Å². The molecule has 0 bridgehead atoms. The molecule has 0 saturated carbocycles. The van der Waals surface area contributed by atoms with Gasteiger partial charge >= 0.3 is 5.97 Å². The van der Waals surface area contributed by atoms with Gasteiger partial charge in [-0.1, -0.05) is 96.4 Å².